The molecule has 0 fully saturated rings. The van der Waals surface area contributed by atoms with Gasteiger partial charge in [0.2, 0.25) is 5.88 Å². The van der Waals surface area contributed by atoms with Gasteiger partial charge in [-0.05, 0) is 0 Å². The molecular weight excluding hydrogens is 170 g/mol. The van der Waals surface area contributed by atoms with Crippen LogP contribution >= 0.6 is 0 Å². The third-order valence-electron chi connectivity index (χ3n) is 2.17. The van der Waals surface area contributed by atoms with Crippen LogP contribution < -0.4 is 10.5 Å². The van der Waals surface area contributed by atoms with E-state index in [0.717, 1.165) is 18.5 Å². The van der Waals surface area contributed by atoms with Gasteiger partial charge in [0.25, 0.3) is 0 Å². The summed E-state index contributed by atoms with van der Waals surface area (Å²) in [6, 6.07) is -0.387. The van der Waals surface area contributed by atoms with Gasteiger partial charge in [-0.1, -0.05) is 0 Å². The summed E-state index contributed by atoms with van der Waals surface area (Å²) in [5, 5.41) is 13.0. The molecule has 0 spiro atoms. The highest BCUT2D eigenvalue weighted by molar-refractivity contribution is 5.28. The minimum absolute atomic E-state index is 0.0813. The molecule has 3 N–H and O–H groups in total. The predicted molar refractivity (Wildman–Crippen MR) is 46.4 cm³/mol. The van der Waals surface area contributed by atoms with Crippen LogP contribution in [0, 0.1) is 0 Å². The Labute approximate surface area is 76.1 Å². The molecule has 13 heavy (non-hydrogen) atoms. The van der Waals surface area contributed by atoms with Crippen LogP contribution in [0.1, 0.15) is 18.0 Å². The first kappa shape index (κ1) is 8.52. The summed E-state index contributed by atoms with van der Waals surface area (Å²) >= 11 is 0. The Hall–Kier alpha value is -1.07. The molecule has 0 radical (unpaired) electrons. The molecule has 1 aliphatic heterocycles. The van der Waals surface area contributed by atoms with Gasteiger partial charge < -0.3 is 15.6 Å². The second-order valence-corrected chi connectivity index (χ2v) is 3.12. The molecule has 0 saturated heterocycles. The minimum atomic E-state index is -0.387. The number of hydrogen-bond acceptors (Lipinski definition) is 4. The Balaban J connectivity index is 2.31. The van der Waals surface area contributed by atoms with Crippen LogP contribution in [-0.2, 0) is 6.54 Å². The zero-order valence-electron chi connectivity index (χ0n) is 7.31. The number of fused-ring (bicyclic) bond motifs is 1. The van der Waals surface area contributed by atoms with Crippen LogP contribution in [0.25, 0.3) is 0 Å². The summed E-state index contributed by atoms with van der Waals surface area (Å²) in [4.78, 5) is 0. The van der Waals surface area contributed by atoms with Crippen molar-refractivity contribution in [2.24, 2.45) is 5.73 Å². The first-order valence-corrected chi connectivity index (χ1v) is 4.38. The summed E-state index contributed by atoms with van der Waals surface area (Å²) in [6.07, 6.45) is 2.64. The number of hydrogen-bond donors (Lipinski definition) is 2. The Morgan fingerprint density at radius 1 is 1.77 bits per heavy atom. The average Bonchev–Trinajstić information content (AvgIpc) is 2.60. The average molecular weight is 183 g/mol. The lowest BCUT2D eigenvalue weighted by Crippen LogP contribution is -2.19. The molecule has 72 valence electrons. The topological polar surface area (TPSA) is 73.3 Å². The SMILES string of the molecule is NC(CO)c1cnn2c1OCCC2. The fraction of sp³-hybridized carbons (Fsp3) is 0.625. The van der Waals surface area contributed by atoms with Crippen molar-refractivity contribution in [3.63, 3.8) is 0 Å². The van der Waals surface area contributed by atoms with E-state index in [2.05, 4.69) is 5.10 Å². The molecule has 2 heterocycles. The molecule has 0 aromatic carbocycles. The van der Waals surface area contributed by atoms with Gasteiger partial charge >= 0.3 is 0 Å². The minimum Gasteiger partial charge on any atom is -0.478 e. The number of nitrogens with zero attached hydrogens (tertiary/aromatic N) is 2. The number of aliphatic hydroxyl groups excluding tert-OH is 1. The van der Waals surface area contributed by atoms with Gasteiger partial charge in [-0.15, -0.1) is 0 Å². The summed E-state index contributed by atoms with van der Waals surface area (Å²) in [5.74, 6) is 0.716. The van der Waals surface area contributed by atoms with E-state index in [-0.39, 0.29) is 12.6 Å². The Bertz CT molecular complexity index is 298. The van der Waals surface area contributed by atoms with E-state index in [1.807, 2.05) is 0 Å². The second kappa shape index (κ2) is 3.35. The fourth-order valence-electron chi connectivity index (χ4n) is 1.44. The summed E-state index contributed by atoms with van der Waals surface area (Å²) in [7, 11) is 0. The molecule has 1 aliphatic rings. The van der Waals surface area contributed by atoms with Gasteiger partial charge in [-0.3, -0.25) is 0 Å². The van der Waals surface area contributed by atoms with E-state index in [1.54, 1.807) is 10.9 Å². The maximum absolute atomic E-state index is 8.89. The van der Waals surface area contributed by atoms with Crippen LogP contribution in [0.4, 0.5) is 0 Å². The monoisotopic (exact) mass is 183 g/mol. The highest BCUT2D eigenvalue weighted by Gasteiger charge is 2.19. The second-order valence-electron chi connectivity index (χ2n) is 3.12. The van der Waals surface area contributed by atoms with Crippen molar-refractivity contribution in [3.05, 3.63) is 11.8 Å². The van der Waals surface area contributed by atoms with Gasteiger partial charge in [0.15, 0.2) is 0 Å². The van der Waals surface area contributed by atoms with Crippen LogP contribution in [0.5, 0.6) is 5.88 Å². The Morgan fingerprint density at radius 3 is 3.38 bits per heavy atom. The number of aryl methyl sites for hydroxylation is 1. The molecule has 2 rings (SSSR count). The molecule has 1 aromatic rings. The predicted octanol–water partition coefficient (Wildman–Crippen LogP) is -0.342. The van der Waals surface area contributed by atoms with Gasteiger partial charge in [0.05, 0.1) is 31.0 Å². The summed E-state index contributed by atoms with van der Waals surface area (Å²) in [5.41, 5.74) is 6.47. The summed E-state index contributed by atoms with van der Waals surface area (Å²) < 4.78 is 7.21. The first-order valence-electron chi connectivity index (χ1n) is 4.38. The molecule has 0 aliphatic carbocycles. The smallest absolute Gasteiger partial charge is 0.216 e. The van der Waals surface area contributed by atoms with Gasteiger partial charge in [0, 0.05) is 13.0 Å². The van der Waals surface area contributed by atoms with E-state index in [1.165, 1.54) is 0 Å². The zero-order valence-corrected chi connectivity index (χ0v) is 7.31. The van der Waals surface area contributed by atoms with Crippen LogP contribution in [-0.4, -0.2) is 28.1 Å². The lowest BCUT2D eigenvalue weighted by Gasteiger charge is -2.17. The lowest BCUT2D eigenvalue weighted by molar-refractivity contribution is 0.220. The van der Waals surface area contributed by atoms with Gasteiger partial charge in [-0.25, -0.2) is 4.68 Å². The molecule has 1 atom stereocenters. The van der Waals surface area contributed by atoms with Crippen molar-refractivity contribution >= 4 is 0 Å². The summed E-state index contributed by atoms with van der Waals surface area (Å²) in [6.45, 7) is 1.49. The first-order chi connectivity index (χ1) is 6.33. The highest BCUT2D eigenvalue weighted by atomic mass is 16.5. The molecule has 5 heteroatoms. The Morgan fingerprint density at radius 2 is 2.62 bits per heavy atom. The van der Waals surface area contributed by atoms with E-state index in [9.17, 15) is 0 Å². The molecule has 0 bridgehead atoms. The van der Waals surface area contributed by atoms with Crippen LogP contribution in [0.2, 0.25) is 0 Å². The van der Waals surface area contributed by atoms with Crippen LogP contribution in [0.15, 0.2) is 6.20 Å². The molecular formula is C8H13N3O2. The van der Waals surface area contributed by atoms with Crippen molar-refractivity contribution in [1.82, 2.24) is 9.78 Å². The van der Waals surface area contributed by atoms with Crippen molar-refractivity contribution in [2.45, 2.75) is 19.0 Å². The van der Waals surface area contributed by atoms with E-state index in [4.69, 9.17) is 15.6 Å². The van der Waals surface area contributed by atoms with Crippen LogP contribution in [0.3, 0.4) is 0 Å². The number of rotatable bonds is 2. The Kier molecular flexibility index (Phi) is 2.20. The maximum atomic E-state index is 8.89. The third-order valence-corrected chi connectivity index (χ3v) is 2.17. The number of aromatic nitrogens is 2. The third kappa shape index (κ3) is 1.40. The maximum Gasteiger partial charge on any atom is 0.216 e. The molecule has 0 saturated carbocycles. The van der Waals surface area contributed by atoms with E-state index >= 15 is 0 Å². The van der Waals surface area contributed by atoms with Crippen molar-refractivity contribution < 1.29 is 9.84 Å². The van der Waals surface area contributed by atoms with E-state index < -0.39 is 0 Å². The lowest BCUT2D eigenvalue weighted by atomic mass is 10.2. The number of nitrogens with two attached hydrogens (primary N) is 1. The number of ether oxygens (including phenoxy) is 1. The van der Waals surface area contributed by atoms with E-state index in [0.29, 0.717) is 12.5 Å². The standard InChI is InChI=1S/C8H13N3O2/c9-7(5-12)6-4-10-11-2-1-3-13-8(6)11/h4,7,12H,1-3,5,9H2. The fourth-order valence-corrected chi connectivity index (χ4v) is 1.44. The molecule has 1 unspecified atom stereocenters. The number of aliphatic hydroxyl groups is 1. The molecule has 1 aromatic heterocycles. The quantitative estimate of drug-likeness (QED) is 0.657. The van der Waals surface area contributed by atoms with Crippen molar-refractivity contribution in [2.75, 3.05) is 13.2 Å². The highest BCUT2D eigenvalue weighted by Crippen LogP contribution is 2.26. The zero-order chi connectivity index (χ0) is 9.26. The van der Waals surface area contributed by atoms with Gasteiger partial charge in [0.1, 0.15) is 0 Å². The van der Waals surface area contributed by atoms with Gasteiger partial charge in [-0.2, -0.15) is 5.10 Å². The molecule has 0 amide bonds. The van der Waals surface area contributed by atoms with Crippen molar-refractivity contribution in [1.29, 1.82) is 0 Å². The van der Waals surface area contributed by atoms with Crippen molar-refractivity contribution in [3.8, 4) is 5.88 Å². The molecule has 5 nitrogen and oxygen atoms in total. The largest absolute Gasteiger partial charge is 0.478 e. The normalized spacial score (nSPS) is 17.7.